The minimum atomic E-state index is -0.335. The van der Waals surface area contributed by atoms with Crippen molar-refractivity contribution in [2.75, 3.05) is 17.7 Å². The van der Waals surface area contributed by atoms with Gasteiger partial charge in [-0.15, -0.1) is 0 Å². The van der Waals surface area contributed by atoms with E-state index in [0.29, 0.717) is 22.1 Å². The summed E-state index contributed by atoms with van der Waals surface area (Å²) in [6.45, 7) is 1.95. The van der Waals surface area contributed by atoms with E-state index in [1.54, 1.807) is 18.2 Å². The van der Waals surface area contributed by atoms with Crippen LogP contribution >= 0.6 is 27.5 Å². The second-order valence-electron chi connectivity index (χ2n) is 4.39. The molecule has 0 saturated heterocycles. The molecule has 2 aromatic rings. The van der Waals surface area contributed by atoms with Gasteiger partial charge < -0.3 is 15.4 Å². The van der Waals surface area contributed by atoms with Crippen LogP contribution in [0.25, 0.3) is 0 Å². The van der Waals surface area contributed by atoms with Crippen LogP contribution < -0.4 is 15.4 Å². The molecule has 0 bridgehead atoms. The Morgan fingerprint density at radius 3 is 2.33 bits per heavy atom. The summed E-state index contributed by atoms with van der Waals surface area (Å²) in [5.41, 5.74) is 2.35. The molecule has 110 valence electrons. The molecular weight excluding hydrogens is 356 g/mol. The van der Waals surface area contributed by atoms with Gasteiger partial charge in [-0.1, -0.05) is 27.5 Å². The molecule has 21 heavy (non-hydrogen) atoms. The summed E-state index contributed by atoms with van der Waals surface area (Å²) in [7, 11) is 1.54. The zero-order valence-corrected chi connectivity index (χ0v) is 13.9. The van der Waals surface area contributed by atoms with Crippen LogP contribution in [0.4, 0.5) is 16.2 Å². The minimum absolute atomic E-state index is 0.335. The fourth-order valence-corrected chi connectivity index (χ4v) is 2.26. The number of rotatable bonds is 3. The van der Waals surface area contributed by atoms with Crippen LogP contribution in [-0.4, -0.2) is 13.1 Å². The van der Waals surface area contributed by atoms with Crippen molar-refractivity contribution < 1.29 is 9.53 Å². The largest absolute Gasteiger partial charge is 0.495 e. The Bertz CT molecular complexity index is 677. The molecule has 6 heteroatoms. The van der Waals surface area contributed by atoms with Crippen LogP contribution in [0.2, 0.25) is 5.02 Å². The second kappa shape index (κ2) is 6.83. The molecular formula is C15H14BrClN2O2. The van der Waals surface area contributed by atoms with Crippen molar-refractivity contribution in [3.05, 3.63) is 51.5 Å². The Morgan fingerprint density at radius 2 is 1.76 bits per heavy atom. The molecule has 0 atom stereocenters. The molecule has 2 aromatic carbocycles. The van der Waals surface area contributed by atoms with Crippen LogP contribution in [0.3, 0.4) is 0 Å². The number of nitrogens with one attached hydrogen (secondary N) is 2. The number of halogens is 2. The third kappa shape index (κ3) is 4.12. The lowest BCUT2D eigenvalue weighted by Crippen LogP contribution is -2.19. The number of amides is 2. The van der Waals surface area contributed by atoms with Gasteiger partial charge in [0.05, 0.1) is 12.1 Å². The van der Waals surface area contributed by atoms with Crippen LogP contribution in [0.1, 0.15) is 5.56 Å². The number of urea groups is 1. The highest BCUT2D eigenvalue weighted by Gasteiger charge is 2.06. The minimum Gasteiger partial charge on any atom is -0.495 e. The fourth-order valence-electron chi connectivity index (χ4n) is 1.76. The van der Waals surface area contributed by atoms with E-state index in [2.05, 4.69) is 26.6 Å². The molecule has 0 radical (unpaired) electrons. The lowest BCUT2D eigenvalue weighted by molar-refractivity contribution is 0.262. The topological polar surface area (TPSA) is 50.4 Å². The molecule has 2 rings (SSSR count). The molecule has 0 aliphatic carbocycles. The Hall–Kier alpha value is -1.72. The highest BCUT2D eigenvalue weighted by Crippen LogP contribution is 2.27. The van der Waals surface area contributed by atoms with E-state index in [0.717, 1.165) is 10.0 Å². The first-order valence-electron chi connectivity index (χ1n) is 6.17. The van der Waals surface area contributed by atoms with Crippen molar-refractivity contribution in [3.63, 3.8) is 0 Å². The number of benzene rings is 2. The van der Waals surface area contributed by atoms with E-state index in [1.807, 2.05) is 25.1 Å². The number of aryl methyl sites for hydroxylation is 1. The van der Waals surface area contributed by atoms with E-state index >= 15 is 0 Å². The number of hydrogen-bond acceptors (Lipinski definition) is 2. The molecule has 0 fully saturated rings. The smallest absolute Gasteiger partial charge is 0.323 e. The number of hydrogen-bond donors (Lipinski definition) is 2. The van der Waals surface area contributed by atoms with Gasteiger partial charge in [-0.3, -0.25) is 0 Å². The van der Waals surface area contributed by atoms with Crippen LogP contribution in [-0.2, 0) is 0 Å². The predicted molar refractivity (Wildman–Crippen MR) is 89.5 cm³/mol. The maximum atomic E-state index is 11.9. The molecule has 0 aromatic heterocycles. The fraction of sp³-hybridized carbons (Fsp3) is 0.133. The first-order valence-corrected chi connectivity index (χ1v) is 7.34. The van der Waals surface area contributed by atoms with Crippen molar-refractivity contribution in [3.8, 4) is 5.75 Å². The molecule has 0 saturated carbocycles. The monoisotopic (exact) mass is 368 g/mol. The van der Waals surface area contributed by atoms with Crippen molar-refractivity contribution in [1.82, 2.24) is 0 Å². The van der Waals surface area contributed by atoms with Crippen LogP contribution in [0.15, 0.2) is 40.9 Å². The van der Waals surface area contributed by atoms with Gasteiger partial charge in [0.2, 0.25) is 0 Å². The van der Waals surface area contributed by atoms with Crippen molar-refractivity contribution >= 4 is 44.9 Å². The van der Waals surface area contributed by atoms with E-state index in [9.17, 15) is 4.79 Å². The second-order valence-corrected chi connectivity index (χ2v) is 5.65. The van der Waals surface area contributed by atoms with Gasteiger partial charge in [-0.05, 0) is 48.9 Å². The zero-order chi connectivity index (χ0) is 15.4. The van der Waals surface area contributed by atoms with Crippen molar-refractivity contribution in [2.24, 2.45) is 0 Å². The Morgan fingerprint density at radius 1 is 1.14 bits per heavy atom. The summed E-state index contributed by atoms with van der Waals surface area (Å²) in [5.74, 6) is 0.561. The van der Waals surface area contributed by atoms with Gasteiger partial charge in [0, 0.05) is 15.8 Å². The summed E-state index contributed by atoms with van der Waals surface area (Å²) in [4.78, 5) is 11.9. The molecule has 0 unspecified atom stereocenters. The van der Waals surface area contributed by atoms with Gasteiger partial charge in [0.25, 0.3) is 0 Å². The average Bonchev–Trinajstić information content (AvgIpc) is 2.43. The highest BCUT2D eigenvalue weighted by molar-refractivity contribution is 9.10. The summed E-state index contributed by atoms with van der Waals surface area (Å²) in [6, 6.07) is 10.3. The zero-order valence-electron chi connectivity index (χ0n) is 11.5. The first-order chi connectivity index (χ1) is 9.99. The van der Waals surface area contributed by atoms with Gasteiger partial charge >= 0.3 is 6.03 Å². The molecule has 4 nitrogen and oxygen atoms in total. The molecule has 0 heterocycles. The molecule has 0 spiro atoms. The summed E-state index contributed by atoms with van der Waals surface area (Å²) in [5, 5.41) is 5.92. The van der Waals surface area contributed by atoms with Gasteiger partial charge in [0.1, 0.15) is 5.75 Å². The maximum Gasteiger partial charge on any atom is 0.323 e. The van der Waals surface area contributed by atoms with E-state index in [-0.39, 0.29) is 6.03 Å². The number of carbonyl (C=O) groups excluding carboxylic acids is 1. The standard InChI is InChI=1S/C15H14BrClN2O2/c1-9-7-10(3-5-12(9)16)18-15(20)19-11-4-6-14(21-2)13(17)8-11/h3-8H,1-2H3,(H2,18,19,20). The van der Waals surface area contributed by atoms with E-state index < -0.39 is 0 Å². The van der Waals surface area contributed by atoms with Crippen LogP contribution in [0, 0.1) is 6.92 Å². The maximum absolute atomic E-state index is 11.9. The number of methoxy groups -OCH3 is 1. The lowest BCUT2D eigenvalue weighted by Gasteiger charge is -2.10. The molecule has 0 aliphatic heterocycles. The SMILES string of the molecule is COc1ccc(NC(=O)Nc2ccc(Br)c(C)c2)cc1Cl. The third-order valence-electron chi connectivity index (χ3n) is 2.83. The normalized spacial score (nSPS) is 10.1. The van der Waals surface area contributed by atoms with E-state index in [1.165, 1.54) is 7.11 Å². The number of anilines is 2. The van der Waals surface area contributed by atoms with Gasteiger partial charge in [-0.2, -0.15) is 0 Å². The Kier molecular flexibility index (Phi) is 5.09. The Labute approximate surface area is 136 Å². The predicted octanol–water partition coefficient (Wildman–Crippen LogP) is 5.06. The summed E-state index contributed by atoms with van der Waals surface area (Å²) in [6.07, 6.45) is 0. The highest BCUT2D eigenvalue weighted by atomic mass is 79.9. The molecule has 0 aliphatic rings. The third-order valence-corrected chi connectivity index (χ3v) is 4.01. The average molecular weight is 370 g/mol. The van der Waals surface area contributed by atoms with Crippen LogP contribution in [0.5, 0.6) is 5.75 Å². The van der Waals surface area contributed by atoms with E-state index in [4.69, 9.17) is 16.3 Å². The summed E-state index contributed by atoms with van der Waals surface area (Å²) < 4.78 is 6.06. The lowest BCUT2D eigenvalue weighted by atomic mass is 10.2. The molecule has 2 N–H and O–H groups in total. The van der Waals surface area contributed by atoms with Crippen molar-refractivity contribution in [1.29, 1.82) is 0 Å². The quantitative estimate of drug-likeness (QED) is 0.794. The Balaban J connectivity index is 2.04. The van der Waals surface area contributed by atoms with Gasteiger partial charge in [-0.25, -0.2) is 4.79 Å². The number of ether oxygens (including phenoxy) is 1. The van der Waals surface area contributed by atoms with Crippen molar-refractivity contribution in [2.45, 2.75) is 6.92 Å². The summed E-state index contributed by atoms with van der Waals surface area (Å²) >= 11 is 9.43. The number of carbonyl (C=O) groups is 1. The molecule has 2 amide bonds. The first kappa shape index (κ1) is 15.7. The van der Waals surface area contributed by atoms with Gasteiger partial charge in [0.15, 0.2) is 0 Å².